The number of amides is 1. The first-order valence-electron chi connectivity index (χ1n) is 7.75. The maximum Gasteiger partial charge on any atom is 0.225 e. The molecule has 2 rings (SSSR count). The standard InChI is InChI=1S/C18H25ClN2O/c1-11(2)6-12-9-16-13(8-15(12)19)7-14(21-16)10-20-17(22)18(3,4)5/h7-9,11,21H,6,10H2,1-5H3,(H,20,22). The van der Waals surface area contributed by atoms with Crippen LogP contribution in [0.4, 0.5) is 0 Å². The summed E-state index contributed by atoms with van der Waals surface area (Å²) in [6, 6.07) is 6.16. The SMILES string of the molecule is CC(C)Cc1cc2[nH]c(CNC(=O)C(C)(C)C)cc2cc1Cl. The van der Waals surface area contributed by atoms with Crippen LogP contribution in [0.5, 0.6) is 0 Å². The molecule has 4 heteroatoms. The van der Waals surface area contributed by atoms with Crippen molar-refractivity contribution in [2.45, 2.75) is 47.6 Å². The zero-order chi connectivity index (χ0) is 16.5. The second-order valence-corrected chi connectivity index (χ2v) is 7.76. The van der Waals surface area contributed by atoms with E-state index in [0.717, 1.165) is 33.6 Å². The van der Waals surface area contributed by atoms with Crippen LogP contribution < -0.4 is 5.32 Å². The second-order valence-electron chi connectivity index (χ2n) is 7.36. The van der Waals surface area contributed by atoms with Crippen molar-refractivity contribution in [3.63, 3.8) is 0 Å². The molecule has 1 aromatic carbocycles. The van der Waals surface area contributed by atoms with Gasteiger partial charge in [-0.1, -0.05) is 46.2 Å². The van der Waals surface area contributed by atoms with E-state index >= 15 is 0 Å². The number of H-pyrrole nitrogens is 1. The van der Waals surface area contributed by atoms with Gasteiger partial charge in [0.2, 0.25) is 5.91 Å². The van der Waals surface area contributed by atoms with Gasteiger partial charge in [-0.3, -0.25) is 4.79 Å². The molecule has 1 aromatic heterocycles. The first-order valence-corrected chi connectivity index (χ1v) is 8.13. The van der Waals surface area contributed by atoms with E-state index in [1.165, 1.54) is 0 Å². The summed E-state index contributed by atoms with van der Waals surface area (Å²) in [4.78, 5) is 15.3. The minimum Gasteiger partial charge on any atom is -0.357 e. The lowest BCUT2D eigenvalue weighted by atomic mass is 9.96. The van der Waals surface area contributed by atoms with Gasteiger partial charge >= 0.3 is 0 Å². The van der Waals surface area contributed by atoms with Crippen molar-refractivity contribution in [1.82, 2.24) is 10.3 Å². The van der Waals surface area contributed by atoms with Gasteiger partial charge < -0.3 is 10.3 Å². The first kappa shape index (κ1) is 16.9. The van der Waals surface area contributed by atoms with E-state index < -0.39 is 0 Å². The van der Waals surface area contributed by atoms with Crippen molar-refractivity contribution in [1.29, 1.82) is 0 Å². The predicted molar refractivity (Wildman–Crippen MR) is 93.2 cm³/mol. The average Bonchev–Trinajstić information content (AvgIpc) is 2.76. The molecule has 0 aliphatic carbocycles. The highest BCUT2D eigenvalue weighted by molar-refractivity contribution is 6.32. The summed E-state index contributed by atoms with van der Waals surface area (Å²) in [6.45, 7) is 10.6. The minimum atomic E-state index is -0.375. The van der Waals surface area contributed by atoms with Crippen LogP contribution in [0.25, 0.3) is 10.9 Å². The van der Waals surface area contributed by atoms with Gasteiger partial charge in [0.25, 0.3) is 0 Å². The van der Waals surface area contributed by atoms with Gasteiger partial charge in [-0.2, -0.15) is 0 Å². The number of rotatable bonds is 4. The number of carbonyl (C=O) groups excluding carboxylic acids is 1. The number of hydrogen-bond donors (Lipinski definition) is 2. The van der Waals surface area contributed by atoms with Crippen LogP contribution in [-0.4, -0.2) is 10.9 Å². The van der Waals surface area contributed by atoms with Crippen molar-refractivity contribution >= 4 is 28.4 Å². The molecule has 0 aliphatic heterocycles. The Balaban J connectivity index is 2.18. The highest BCUT2D eigenvalue weighted by Gasteiger charge is 2.20. The van der Waals surface area contributed by atoms with Crippen molar-refractivity contribution in [3.05, 3.63) is 34.5 Å². The fourth-order valence-electron chi connectivity index (χ4n) is 2.39. The molecular weight excluding hydrogens is 296 g/mol. The van der Waals surface area contributed by atoms with E-state index in [9.17, 15) is 4.79 Å². The Morgan fingerprint density at radius 1 is 1.27 bits per heavy atom. The van der Waals surface area contributed by atoms with Gasteiger partial charge in [0.1, 0.15) is 0 Å². The van der Waals surface area contributed by atoms with Gasteiger partial charge in [0.05, 0.1) is 6.54 Å². The van der Waals surface area contributed by atoms with Crippen LogP contribution in [0, 0.1) is 11.3 Å². The third kappa shape index (κ3) is 4.04. The lowest BCUT2D eigenvalue weighted by molar-refractivity contribution is -0.128. The maximum absolute atomic E-state index is 11.9. The summed E-state index contributed by atoms with van der Waals surface area (Å²) >= 11 is 6.36. The summed E-state index contributed by atoms with van der Waals surface area (Å²) in [5.74, 6) is 0.611. The maximum atomic E-state index is 11.9. The minimum absolute atomic E-state index is 0.0460. The van der Waals surface area contributed by atoms with E-state index in [1.807, 2.05) is 32.9 Å². The fraction of sp³-hybridized carbons (Fsp3) is 0.500. The molecule has 0 saturated carbocycles. The summed E-state index contributed by atoms with van der Waals surface area (Å²) < 4.78 is 0. The Labute approximate surface area is 137 Å². The smallest absolute Gasteiger partial charge is 0.225 e. The molecule has 0 unspecified atom stereocenters. The van der Waals surface area contributed by atoms with Gasteiger partial charge in [-0.15, -0.1) is 0 Å². The number of nitrogens with one attached hydrogen (secondary N) is 2. The number of aromatic nitrogens is 1. The molecule has 0 saturated heterocycles. The molecule has 22 heavy (non-hydrogen) atoms. The summed E-state index contributed by atoms with van der Waals surface area (Å²) in [7, 11) is 0. The van der Waals surface area contributed by atoms with Crippen molar-refractivity contribution in [2.24, 2.45) is 11.3 Å². The second kappa shape index (κ2) is 6.33. The Bertz CT molecular complexity index is 680. The highest BCUT2D eigenvalue weighted by Crippen LogP contribution is 2.26. The van der Waals surface area contributed by atoms with E-state index in [0.29, 0.717) is 12.5 Å². The van der Waals surface area contributed by atoms with E-state index in [-0.39, 0.29) is 11.3 Å². The molecular formula is C18H25ClN2O. The Morgan fingerprint density at radius 3 is 2.55 bits per heavy atom. The first-order chi connectivity index (χ1) is 10.2. The Morgan fingerprint density at radius 2 is 1.95 bits per heavy atom. The topological polar surface area (TPSA) is 44.9 Å². The summed E-state index contributed by atoms with van der Waals surface area (Å²) in [5, 5.41) is 4.85. The number of halogens is 1. The van der Waals surface area contributed by atoms with Gasteiger partial charge in [-0.25, -0.2) is 0 Å². The number of fused-ring (bicyclic) bond motifs is 1. The monoisotopic (exact) mass is 320 g/mol. The number of benzene rings is 1. The zero-order valence-electron chi connectivity index (χ0n) is 14.0. The molecule has 2 N–H and O–H groups in total. The molecule has 0 aliphatic rings. The Hall–Kier alpha value is -1.48. The third-order valence-electron chi connectivity index (χ3n) is 3.59. The molecule has 0 bridgehead atoms. The number of hydrogen-bond acceptors (Lipinski definition) is 1. The van der Waals surface area contributed by atoms with Crippen LogP contribution in [0.3, 0.4) is 0 Å². The molecule has 0 spiro atoms. The lowest BCUT2D eigenvalue weighted by Crippen LogP contribution is -2.34. The molecule has 2 aromatic rings. The fourth-order valence-corrected chi connectivity index (χ4v) is 2.64. The van der Waals surface area contributed by atoms with Gasteiger partial charge in [0.15, 0.2) is 0 Å². The summed E-state index contributed by atoms with van der Waals surface area (Å²) in [6.07, 6.45) is 0.962. The van der Waals surface area contributed by atoms with Crippen molar-refractivity contribution in [3.8, 4) is 0 Å². The van der Waals surface area contributed by atoms with E-state index in [2.05, 4.69) is 30.2 Å². The number of aromatic amines is 1. The van der Waals surface area contributed by atoms with Crippen molar-refractivity contribution in [2.75, 3.05) is 0 Å². The molecule has 120 valence electrons. The lowest BCUT2D eigenvalue weighted by Gasteiger charge is -2.17. The zero-order valence-corrected chi connectivity index (χ0v) is 14.8. The third-order valence-corrected chi connectivity index (χ3v) is 3.94. The van der Waals surface area contributed by atoms with Gasteiger partial charge in [0, 0.05) is 27.0 Å². The highest BCUT2D eigenvalue weighted by atomic mass is 35.5. The Kier molecular flexibility index (Phi) is 4.86. The van der Waals surface area contributed by atoms with Crippen LogP contribution in [0.1, 0.15) is 45.9 Å². The van der Waals surface area contributed by atoms with Gasteiger partial charge in [-0.05, 0) is 36.1 Å². The molecule has 0 radical (unpaired) electrons. The largest absolute Gasteiger partial charge is 0.357 e. The van der Waals surface area contributed by atoms with Crippen LogP contribution >= 0.6 is 11.6 Å². The van der Waals surface area contributed by atoms with E-state index in [4.69, 9.17) is 11.6 Å². The average molecular weight is 321 g/mol. The molecule has 0 fully saturated rings. The molecule has 3 nitrogen and oxygen atoms in total. The predicted octanol–water partition coefficient (Wildman–Crippen LogP) is 4.68. The molecule has 0 atom stereocenters. The van der Waals surface area contributed by atoms with Crippen molar-refractivity contribution < 1.29 is 4.79 Å². The normalized spacial score (nSPS) is 12.1. The van der Waals surface area contributed by atoms with Crippen LogP contribution in [0.15, 0.2) is 18.2 Å². The molecule has 1 heterocycles. The van der Waals surface area contributed by atoms with E-state index in [1.54, 1.807) is 0 Å². The summed E-state index contributed by atoms with van der Waals surface area (Å²) in [5.41, 5.74) is 2.85. The van der Waals surface area contributed by atoms with Crippen LogP contribution in [-0.2, 0) is 17.8 Å². The quantitative estimate of drug-likeness (QED) is 0.844. The molecule has 1 amide bonds. The van der Waals surface area contributed by atoms with Crippen LogP contribution in [0.2, 0.25) is 5.02 Å². The number of carbonyl (C=O) groups is 1.